The monoisotopic (exact) mass is 339 g/mol. The molecule has 0 atom stereocenters. The summed E-state index contributed by atoms with van der Waals surface area (Å²) in [6, 6.07) is 4.47. The number of anilines is 2. The molecule has 1 amide bonds. The van der Waals surface area contributed by atoms with Gasteiger partial charge in [-0.3, -0.25) is 4.79 Å². The van der Waals surface area contributed by atoms with Gasteiger partial charge in [0, 0.05) is 10.9 Å². The number of thioether (sulfide) groups is 1. The molecule has 2 aromatic heterocycles. The first kappa shape index (κ1) is 14.7. The molecular weight excluding hydrogens is 322 g/mol. The van der Waals surface area contributed by atoms with Crippen molar-refractivity contribution in [2.75, 3.05) is 17.3 Å². The fourth-order valence-corrected chi connectivity index (χ4v) is 4.55. The Morgan fingerprint density at radius 3 is 2.95 bits per heavy atom. The average molecular weight is 340 g/mol. The van der Waals surface area contributed by atoms with E-state index in [-0.39, 0.29) is 5.91 Å². The number of nitrogen functional groups attached to an aromatic ring is 1. The van der Waals surface area contributed by atoms with Crippen LogP contribution in [0.15, 0.2) is 22.4 Å². The summed E-state index contributed by atoms with van der Waals surface area (Å²) in [6.45, 7) is 0.759. The number of nitrogens with one attached hydrogen (secondary N) is 2. The molecule has 21 heavy (non-hydrogen) atoms. The van der Waals surface area contributed by atoms with Crippen molar-refractivity contribution in [3.63, 3.8) is 0 Å². The zero-order valence-corrected chi connectivity index (χ0v) is 14.1. The van der Waals surface area contributed by atoms with Crippen LogP contribution < -0.4 is 16.4 Å². The van der Waals surface area contributed by atoms with E-state index < -0.39 is 0 Å². The van der Waals surface area contributed by atoms with Crippen molar-refractivity contribution in [2.24, 2.45) is 0 Å². The van der Waals surface area contributed by atoms with E-state index in [1.807, 2.05) is 12.3 Å². The van der Waals surface area contributed by atoms with Gasteiger partial charge in [0.1, 0.15) is 9.88 Å². The first-order chi connectivity index (χ1) is 10.2. The highest BCUT2D eigenvalue weighted by Crippen LogP contribution is 2.42. The molecule has 0 spiro atoms. The second kappa shape index (κ2) is 6.29. The Balaban J connectivity index is 1.77. The van der Waals surface area contributed by atoms with Crippen LogP contribution in [0.2, 0.25) is 0 Å². The van der Waals surface area contributed by atoms with E-state index in [0.717, 1.165) is 29.3 Å². The van der Waals surface area contributed by atoms with Crippen molar-refractivity contribution in [3.05, 3.63) is 27.3 Å². The van der Waals surface area contributed by atoms with E-state index in [0.29, 0.717) is 16.6 Å². The van der Waals surface area contributed by atoms with Crippen LogP contribution in [0.4, 0.5) is 10.7 Å². The molecule has 3 rings (SSSR count). The summed E-state index contributed by atoms with van der Waals surface area (Å²) in [4.78, 5) is 15.1. The maximum atomic E-state index is 12.2. The maximum absolute atomic E-state index is 12.2. The normalized spacial score (nSPS) is 14.1. The third kappa shape index (κ3) is 3.36. The summed E-state index contributed by atoms with van der Waals surface area (Å²) < 4.78 is 0. The molecule has 2 aromatic rings. The molecule has 0 aromatic carbocycles. The molecule has 1 aliphatic carbocycles. The van der Waals surface area contributed by atoms with E-state index in [1.54, 1.807) is 23.1 Å². The summed E-state index contributed by atoms with van der Waals surface area (Å²) in [7, 11) is 0. The zero-order chi connectivity index (χ0) is 14.8. The van der Waals surface area contributed by atoms with E-state index in [4.69, 9.17) is 5.73 Å². The quantitative estimate of drug-likeness (QED) is 0.703. The summed E-state index contributed by atoms with van der Waals surface area (Å²) in [5.41, 5.74) is 6.75. The van der Waals surface area contributed by atoms with Crippen LogP contribution in [-0.2, 0) is 6.54 Å². The summed E-state index contributed by atoms with van der Waals surface area (Å²) >= 11 is 4.74. The maximum Gasteiger partial charge on any atom is 0.263 e. The fourth-order valence-electron chi connectivity index (χ4n) is 1.98. The number of carbonyl (C=O) groups excluding carboxylic acids is 1. The van der Waals surface area contributed by atoms with Gasteiger partial charge in [0.05, 0.1) is 17.1 Å². The molecule has 4 nitrogen and oxygen atoms in total. The fraction of sp³-hybridized carbons (Fsp3) is 0.357. The first-order valence-corrected chi connectivity index (χ1v) is 9.64. The summed E-state index contributed by atoms with van der Waals surface area (Å²) in [5, 5.41) is 9.44. The molecule has 4 N–H and O–H groups in total. The van der Waals surface area contributed by atoms with Gasteiger partial charge in [0.25, 0.3) is 5.91 Å². The number of nitrogens with two attached hydrogens (primary N) is 1. The third-order valence-electron chi connectivity index (χ3n) is 3.23. The highest BCUT2D eigenvalue weighted by molar-refractivity contribution is 7.99. The molecule has 0 unspecified atom stereocenters. The van der Waals surface area contributed by atoms with Crippen molar-refractivity contribution in [1.29, 1.82) is 0 Å². The smallest absolute Gasteiger partial charge is 0.263 e. The molecule has 112 valence electrons. The minimum Gasteiger partial charge on any atom is -0.396 e. The van der Waals surface area contributed by atoms with Gasteiger partial charge in [-0.25, -0.2) is 0 Å². The molecule has 1 aliphatic rings. The van der Waals surface area contributed by atoms with Gasteiger partial charge in [-0.1, -0.05) is 6.07 Å². The van der Waals surface area contributed by atoms with E-state index >= 15 is 0 Å². The number of thiophene rings is 2. The second-order valence-electron chi connectivity index (χ2n) is 4.89. The van der Waals surface area contributed by atoms with Gasteiger partial charge >= 0.3 is 0 Å². The highest BCUT2D eigenvalue weighted by Gasteiger charge is 2.27. The Bertz CT molecular complexity index is 632. The van der Waals surface area contributed by atoms with Gasteiger partial charge in [-0.15, -0.1) is 34.4 Å². The van der Waals surface area contributed by atoms with E-state index in [2.05, 4.69) is 22.1 Å². The molecule has 0 bridgehead atoms. The number of hydrogen-bond acceptors (Lipinski definition) is 6. The van der Waals surface area contributed by atoms with E-state index in [1.165, 1.54) is 16.2 Å². The summed E-state index contributed by atoms with van der Waals surface area (Å²) in [5.74, 6) is -0.0422. The summed E-state index contributed by atoms with van der Waals surface area (Å²) in [6.07, 6.45) is 4.14. The molecular formula is C14H17N3OS3. The SMILES string of the molecule is CSc1c(NCc2cccs2)sc(C(=O)NC2CC2)c1N. The van der Waals surface area contributed by atoms with Crippen LogP contribution in [-0.4, -0.2) is 18.2 Å². The van der Waals surface area contributed by atoms with Crippen molar-refractivity contribution >= 4 is 51.0 Å². The Morgan fingerprint density at radius 1 is 1.52 bits per heavy atom. The lowest BCUT2D eigenvalue weighted by atomic mass is 10.3. The van der Waals surface area contributed by atoms with Gasteiger partial charge in [0.2, 0.25) is 0 Å². The van der Waals surface area contributed by atoms with Crippen molar-refractivity contribution in [2.45, 2.75) is 30.3 Å². The van der Waals surface area contributed by atoms with Crippen LogP contribution in [0.25, 0.3) is 0 Å². The van der Waals surface area contributed by atoms with Gasteiger partial charge in [-0.2, -0.15) is 0 Å². The first-order valence-electron chi connectivity index (χ1n) is 6.72. The molecule has 0 aliphatic heterocycles. The van der Waals surface area contributed by atoms with Gasteiger partial charge in [-0.05, 0) is 30.5 Å². The topological polar surface area (TPSA) is 67.2 Å². The largest absolute Gasteiger partial charge is 0.396 e. The predicted octanol–water partition coefficient (Wildman–Crippen LogP) is 3.62. The Hall–Kier alpha value is -1.18. The molecule has 0 saturated heterocycles. The minimum absolute atomic E-state index is 0.0422. The molecule has 2 heterocycles. The second-order valence-corrected chi connectivity index (χ2v) is 7.76. The van der Waals surface area contributed by atoms with Crippen LogP contribution in [0.1, 0.15) is 27.4 Å². The lowest BCUT2D eigenvalue weighted by Gasteiger charge is -2.04. The molecule has 7 heteroatoms. The lowest BCUT2D eigenvalue weighted by molar-refractivity contribution is 0.0956. The Morgan fingerprint density at radius 2 is 2.33 bits per heavy atom. The van der Waals surface area contributed by atoms with Gasteiger partial charge < -0.3 is 16.4 Å². The molecule has 0 radical (unpaired) electrons. The van der Waals surface area contributed by atoms with Crippen LogP contribution in [0, 0.1) is 0 Å². The minimum atomic E-state index is -0.0422. The van der Waals surface area contributed by atoms with Crippen LogP contribution in [0.3, 0.4) is 0 Å². The highest BCUT2D eigenvalue weighted by atomic mass is 32.2. The number of amides is 1. The van der Waals surface area contributed by atoms with Crippen molar-refractivity contribution in [1.82, 2.24) is 5.32 Å². The number of rotatable bonds is 6. The van der Waals surface area contributed by atoms with Crippen molar-refractivity contribution < 1.29 is 4.79 Å². The third-order valence-corrected chi connectivity index (χ3v) is 6.23. The number of hydrogen-bond donors (Lipinski definition) is 3. The standard InChI is InChI=1S/C14H17N3OS3/c1-19-12-10(15)11(13(18)17-8-4-5-8)21-14(12)16-7-9-3-2-6-20-9/h2-3,6,8,16H,4-5,7,15H2,1H3,(H,17,18). The van der Waals surface area contributed by atoms with Crippen molar-refractivity contribution in [3.8, 4) is 0 Å². The lowest BCUT2D eigenvalue weighted by Crippen LogP contribution is -2.25. The Labute approximate surface area is 136 Å². The van der Waals surface area contributed by atoms with E-state index in [9.17, 15) is 4.79 Å². The Kier molecular flexibility index (Phi) is 4.42. The van der Waals surface area contributed by atoms with Crippen LogP contribution >= 0.6 is 34.4 Å². The molecule has 1 fully saturated rings. The predicted molar refractivity (Wildman–Crippen MR) is 92.6 cm³/mol. The molecule has 1 saturated carbocycles. The zero-order valence-electron chi connectivity index (χ0n) is 11.6. The average Bonchev–Trinajstić information content (AvgIpc) is 3.02. The van der Waals surface area contributed by atoms with Crippen LogP contribution in [0.5, 0.6) is 0 Å². The number of carbonyl (C=O) groups is 1. The van der Waals surface area contributed by atoms with Gasteiger partial charge in [0.15, 0.2) is 0 Å².